The quantitative estimate of drug-likeness (QED) is 0.0155. The number of phosphoric ester groups is 1. The fraction of sp³-hybridized carbons (Fsp3) is 0.762. The first-order chi connectivity index (χ1) is 26.1. The molecule has 314 valence electrons. The van der Waals surface area contributed by atoms with E-state index in [4.69, 9.17) is 19.1 Å². The molecule has 0 saturated carbocycles. The molecule has 11 nitrogen and oxygen atoms in total. The molecule has 0 radical (unpaired) electrons. The zero-order valence-corrected chi connectivity index (χ0v) is 34.4. The lowest BCUT2D eigenvalue weighted by Crippen LogP contribution is -2.29. The molecule has 0 aliphatic carbocycles. The lowest BCUT2D eigenvalue weighted by molar-refractivity contribution is -0.161. The SMILES string of the molecule is CCCCC/C=C\C/C=C\CC(O)/C=C\C=C\CCCC(=O)O[C@H](COC(=O)CCCCCCCCCCCCCCC)COP(=O)(O)OC[C@@H](O)CO. The van der Waals surface area contributed by atoms with Crippen LogP contribution >= 0.6 is 7.82 Å². The van der Waals surface area contributed by atoms with Crippen LogP contribution in [0, 0.1) is 0 Å². The number of hydrogen-bond acceptors (Lipinski definition) is 10. The lowest BCUT2D eigenvalue weighted by Gasteiger charge is -2.20. The second kappa shape index (κ2) is 37.8. The summed E-state index contributed by atoms with van der Waals surface area (Å²) in [6.45, 7) is 2.17. The molecule has 0 bridgehead atoms. The Morgan fingerprint density at radius 1 is 0.630 bits per heavy atom. The number of phosphoric acid groups is 1. The highest BCUT2D eigenvalue weighted by Crippen LogP contribution is 2.43. The molecule has 0 aliphatic heterocycles. The third-order valence-corrected chi connectivity index (χ3v) is 9.52. The van der Waals surface area contributed by atoms with Crippen molar-refractivity contribution in [2.75, 3.05) is 26.4 Å². The van der Waals surface area contributed by atoms with Crippen molar-refractivity contribution in [2.45, 2.75) is 180 Å². The van der Waals surface area contributed by atoms with E-state index in [0.717, 1.165) is 32.1 Å². The van der Waals surface area contributed by atoms with Crippen LogP contribution in [0.5, 0.6) is 0 Å². The number of rotatable bonds is 38. The largest absolute Gasteiger partial charge is 0.472 e. The van der Waals surface area contributed by atoms with Crippen molar-refractivity contribution in [2.24, 2.45) is 0 Å². The minimum atomic E-state index is -4.65. The maximum atomic E-state index is 12.6. The first-order valence-electron chi connectivity index (χ1n) is 20.7. The van der Waals surface area contributed by atoms with Crippen molar-refractivity contribution in [3.8, 4) is 0 Å². The second-order valence-electron chi connectivity index (χ2n) is 13.9. The molecule has 0 fully saturated rings. The Morgan fingerprint density at radius 3 is 1.83 bits per heavy atom. The summed E-state index contributed by atoms with van der Waals surface area (Å²) in [6.07, 6.45) is 35.3. The third-order valence-electron chi connectivity index (χ3n) is 8.57. The maximum Gasteiger partial charge on any atom is 0.472 e. The highest BCUT2D eigenvalue weighted by Gasteiger charge is 2.27. The van der Waals surface area contributed by atoms with E-state index in [0.29, 0.717) is 25.7 Å². The number of carbonyl (C=O) groups is 2. The van der Waals surface area contributed by atoms with E-state index in [9.17, 15) is 29.3 Å². The number of ether oxygens (including phenoxy) is 2. The molecule has 4 atom stereocenters. The van der Waals surface area contributed by atoms with Crippen molar-refractivity contribution >= 4 is 19.8 Å². The number of carbonyl (C=O) groups excluding carboxylic acids is 2. The molecule has 0 aromatic rings. The fourth-order valence-corrected chi connectivity index (χ4v) is 6.09. The van der Waals surface area contributed by atoms with Crippen molar-refractivity contribution in [3.05, 3.63) is 48.6 Å². The van der Waals surface area contributed by atoms with Crippen molar-refractivity contribution in [3.63, 3.8) is 0 Å². The number of aliphatic hydroxyl groups is 3. The average molecular weight is 787 g/mol. The molecule has 4 N–H and O–H groups in total. The first-order valence-corrected chi connectivity index (χ1v) is 22.2. The van der Waals surface area contributed by atoms with Gasteiger partial charge in [-0.25, -0.2) is 4.57 Å². The van der Waals surface area contributed by atoms with Gasteiger partial charge < -0.3 is 29.7 Å². The van der Waals surface area contributed by atoms with E-state index in [1.807, 2.05) is 18.2 Å². The van der Waals surface area contributed by atoms with Gasteiger partial charge in [0.1, 0.15) is 12.7 Å². The standard InChI is InChI=1S/C42H75O11P/c1-3-5-7-9-11-13-14-15-16-18-20-24-28-32-41(46)50-36-40(37-52-54(48,49)51-35-39(45)34-43)53-42(47)33-29-25-21-23-27-31-38(44)30-26-22-19-17-12-10-8-6-4-2/h12,17,21-23,26-27,31,38-40,43-45H,3-11,13-16,18-20,24-25,28-30,32-37H2,1-2H3,(H,48,49)/b17-12-,23-21+,26-22-,31-27-/t38?,39-,40+/m0/s1. The average Bonchev–Trinajstić information content (AvgIpc) is 3.15. The predicted molar refractivity (Wildman–Crippen MR) is 216 cm³/mol. The minimum Gasteiger partial charge on any atom is -0.462 e. The number of allylic oxidation sites excluding steroid dienone is 6. The van der Waals surface area contributed by atoms with Gasteiger partial charge in [0.05, 0.1) is 25.9 Å². The molecular weight excluding hydrogens is 711 g/mol. The molecule has 0 aromatic heterocycles. The lowest BCUT2D eigenvalue weighted by atomic mass is 10.0. The molecule has 0 amide bonds. The smallest absolute Gasteiger partial charge is 0.462 e. The van der Waals surface area contributed by atoms with Crippen LogP contribution < -0.4 is 0 Å². The van der Waals surface area contributed by atoms with Gasteiger partial charge in [0, 0.05) is 12.8 Å². The molecule has 0 rings (SSSR count). The Balaban J connectivity index is 4.52. The van der Waals surface area contributed by atoms with Crippen LogP contribution in [0.3, 0.4) is 0 Å². The number of unbranched alkanes of at least 4 members (excludes halogenated alkanes) is 16. The van der Waals surface area contributed by atoms with Crippen LogP contribution in [0.4, 0.5) is 0 Å². The summed E-state index contributed by atoms with van der Waals surface area (Å²) in [4.78, 5) is 34.9. The van der Waals surface area contributed by atoms with Gasteiger partial charge >= 0.3 is 19.8 Å². The fourth-order valence-electron chi connectivity index (χ4n) is 5.30. The minimum absolute atomic E-state index is 0.0495. The summed E-state index contributed by atoms with van der Waals surface area (Å²) in [5, 5.41) is 28.4. The number of aliphatic hydroxyl groups excluding tert-OH is 3. The Hall–Kier alpha value is -2.11. The van der Waals surface area contributed by atoms with Crippen LogP contribution in [0.25, 0.3) is 0 Å². The van der Waals surface area contributed by atoms with Gasteiger partial charge in [0.2, 0.25) is 0 Å². The second-order valence-corrected chi connectivity index (χ2v) is 15.3. The van der Waals surface area contributed by atoms with Crippen molar-refractivity contribution < 1.29 is 52.9 Å². The highest BCUT2D eigenvalue weighted by atomic mass is 31.2. The van der Waals surface area contributed by atoms with E-state index in [2.05, 4.69) is 30.5 Å². The van der Waals surface area contributed by atoms with Gasteiger partial charge in [-0.2, -0.15) is 0 Å². The highest BCUT2D eigenvalue weighted by molar-refractivity contribution is 7.47. The summed E-state index contributed by atoms with van der Waals surface area (Å²) < 4.78 is 32.5. The summed E-state index contributed by atoms with van der Waals surface area (Å²) in [7, 11) is -4.65. The molecule has 0 spiro atoms. The summed E-state index contributed by atoms with van der Waals surface area (Å²) in [5.74, 6) is -1.05. The molecular formula is C42H75O11P. The number of hydrogen-bond donors (Lipinski definition) is 4. The summed E-state index contributed by atoms with van der Waals surface area (Å²) in [6, 6.07) is 0. The van der Waals surface area contributed by atoms with Gasteiger partial charge in [-0.3, -0.25) is 18.6 Å². The van der Waals surface area contributed by atoms with Gasteiger partial charge in [-0.15, -0.1) is 0 Å². The van der Waals surface area contributed by atoms with Crippen LogP contribution in [-0.2, 0) is 32.7 Å². The summed E-state index contributed by atoms with van der Waals surface area (Å²) in [5.41, 5.74) is 0. The zero-order chi connectivity index (χ0) is 40.0. The zero-order valence-electron chi connectivity index (χ0n) is 33.5. The topological polar surface area (TPSA) is 169 Å². The number of esters is 2. The van der Waals surface area contributed by atoms with Crippen LogP contribution in [0.2, 0.25) is 0 Å². The Bertz CT molecular complexity index is 1060. The van der Waals surface area contributed by atoms with Crippen molar-refractivity contribution in [1.82, 2.24) is 0 Å². The van der Waals surface area contributed by atoms with E-state index < -0.39 is 57.9 Å². The van der Waals surface area contributed by atoms with Gasteiger partial charge in [-0.1, -0.05) is 152 Å². The van der Waals surface area contributed by atoms with Crippen molar-refractivity contribution in [1.29, 1.82) is 0 Å². The van der Waals surface area contributed by atoms with E-state index in [-0.39, 0.29) is 19.4 Å². The normalized spacial score (nSPS) is 15.0. The van der Waals surface area contributed by atoms with Gasteiger partial charge in [0.15, 0.2) is 6.10 Å². The Labute approximate surface area is 326 Å². The first kappa shape index (κ1) is 51.9. The Morgan fingerprint density at radius 2 is 1.19 bits per heavy atom. The molecule has 0 saturated heterocycles. The molecule has 54 heavy (non-hydrogen) atoms. The van der Waals surface area contributed by atoms with E-state index >= 15 is 0 Å². The van der Waals surface area contributed by atoms with E-state index in [1.165, 1.54) is 77.0 Å². The molecule has 0 aromatic carbocycles. The maximum absolute atomic E-state index is 12.6. The van der Waals surface area contributed by atoms with Gasteiger partial charge in [0.25, 0.3) is 0 Å². The van der Waals surface area contributed by atoms with Crippen LogP contribution in [0.15, 0.2) is 48.6 Å². The van der Waals surface area contributed by atoms with Gasteiger partial charge in [-0.05, 0) is 44.9 Å². The molecule has 12 heteroatoms. The summed E-state index contributed by atoms with van der Waals surface area (Å²) >= 11 is 0. The monoisotopic (exact) mass is 787 g/mol. The molecule has 0 heterocycles. The van der Waals surface area contributed by atoms with E-state index in [1.54, 1.807) is 18.2 Å². The molecule has 0 aliphatic rings. The van der Waals surface area contributed by atoms with Crippen LogP contribution in [-0.4, -0.2) is 76.9 Å². The third kappa shape index (κ3) is 36.8. The predicted octanol–water partition coefficient (Wildman–Crippen LogP) is 9.53. The Kier molecular flexibility index (Phi) is 36.3. The van der Waals surface area contributed by atoms with Crippen LogP contribution in [0.1, 0.15) is 162 Å². The molecule has 2 unspecified atom stereocenters.